The van der Waals surface area contributed by atoms with Crippen LogP contribution in [0.25, 0.3) is 0 Å². The molecular formula is C16H28N2O2. The Morgan fingerprint density at radius 1 is 1.25 bits per heavy atom. The van der Waals surface area contributed by atoms with E-state index in [1.165, 1.54) is 6.42 Å². The smallest absolute Gasteiger partial charge is 0.246 e. The van der Waals surface area contributed by atoms with E-state index in [0.717, 1.165) is 12.8 Å². The fourth-order valence-corrected chi connectivity index (χ4v) is 3.91. The normalized spacial score (nSPS) is 38.5. The van der Waals surface area contributed by atoms with Crippen molar-refractivity contribution in [2.75, 3.05) is 0 Å². The van der Waals surface area contributed by atoms with Crippen molar-refractivity contribution in [2.24, 2.45) is 17.8 Å². The molecule has 0 bridgehead atoms. The molecule has 2 rings (SSSR count). The van der Waals surface area contributed by atoms with Gasteiger partial charge in [-0.05, 0) is 37.5 Å². The summed E-state index contributed by atoms with van der Waals surface area (Å²) >= 11 is 0. The second-order valence-electron chi connectivity index (χ2n) is 6.82. The lowest BCUT2D eigenvalue weighted by Crippen LogP contribution is -2.66. The number of hydrogen-bond acceptors (Lipinski definition) is 2. The predicted octanol–water partition coefficient (Wildman–Crippen LogP) is 2.18. The molecule has 4 nitrogen and oxygen atoms in total. The van der Waals surface area contributed by atoms with E-state index in [2.05, 4.69) is 19.2 Å². The van der Waals surface area contributed by atoms with Gasteiger partial charge in [0.2, 0.25) is 11.8 Å². The van der Waals surface area contributed by atoms with Crippen molar-refractivity contribution in [3.8, 4) is 0 Å². The highest BCUT2D eigenvalue weighted by Crippen LogP contribution is 2.38. The van der Waals surface area contributed by atoms with Crippen molar-refractivity contribution < 1.29 is 9.59 Å². The Kier molecular flexibility index (Phi) is 4.40. The molecule has 0 aromatic rings. The van der Waals surface area contributed by atoms with Crippen LogP contribution in [0.5, 0.6) is 0 Å². The van der Waals surface area contributed by atoms with Gasteiger partial charge in [-0.3, -0.25) is 9.59 Å². The van der Waals surface area contributed by atoms with E-state index in [0.29, 0.717) is 11.8 Å². The lowest BCUT2D eigenvalue weighted by molar-refractivity contribution is -0.153. The zero-order valence-electron chi connectivity index (χ0n) is 13.3. The van der Waals surface area contributed by atoms with Crippen molar-refractivity contribution >= 4 is 11.8 Å². The zero-order valence-corrected chi connectivity index (χ0v) is 13.3. The monoisotopic (exact) mass is 280 g/mol. The Morgan fingerprint density at radius 2 is 1.90 bits per heavy atom. The summed E-state index contributed by atoms with van der Waals surface area (Å²) < 4.78 is 0. The van der Waals surface area contributed by atoms with Crippen LogP contribution in [0.4, 0.5) is 0 Å². The molecule has 1 saturated heterocycles. The highest BCUT2D eigenvalue weighted by molar-refractivity contribution is 5.97. The number of hydrogen-bond donors (Lipinski definition) is 1. The first-order chi connectivity index (χ1) is 9.38. The summed E-state index contributed by atoms with van der Waals surface area (Å²) in [7, 11) is 0. The molecule has 0 aromatic carbocycles. The minimum atomic E-state index is -0.355. The zero-order chi connectivity index (χ0) is 15.0. The SMILES string of the molecule is CCC1CCC(N2C(=O)C(C(C)C)NC(=O)C2C)C1C. The Bertz CT molecular complexity index is 394. The lowest BCUT2D eigenvalue weighted by Gasteiger charge is -2.43. The number of amides is 2. The van der Waals surface area contributed by atoms with Gasteiger partial charge in [-0.25, -0.2) is 0 Å². The van der Waals surface area contributed by atoms with Gasteiger partial charge in [-0.2, -0.15) is 0 Å². The number of carbonyl (C=O) groups excluding carboxylic acids is 2. The second kappa shape index (κ2) is 5.74. The maximum Gasteiger partial charge on any atom is 0.246 e. The molecule has 2 amide bonds. The predicted molar refractivity (Wildman–Crippen MR) is 79.0 cm³/mol. The van der Waals surface area contributed by atoms with Gasteiger partial charge in [0, 0.05) is 6.04 Å². The molecule has 1 aliphatic heterocycles. The van der Waals surface area contributed by atoms with Gasteiger partial charge < -0.3 is 10.2 Å². The van der Waals surface area contributed by atoms with Gasteiger partial charge in [-0.1, -0.05) is 34.1 Å². The van der Waals surface area contributed by atoms with E-state index in [1.807, 2.05) is 25.7 Å². The molecule has 1 heterocycles. The van der Waals surface area contributed by atoms with Crippen LogP contribution in [-0.2, 0) is 9.59 Å². The van der Waals surface area contributed by atoms with E-state index in [9.17, 15) is 9.59 Å². The Hall–Kier alpha value is -1.06. The molecule has 5 atom stereocenters. The van der Waals surface area contributed by atoms with Gasteiger partial charge >= 0.3 is 0 Å². The maximum atomic E-state index is 12.8. The summed E-state index contributed by atoms with van der Waals surface area (Å²) in [5.74, 6) is 1.42. The van der Waals surface area contributed by atoms with Crippen molar-refractivity contribution in [1.29, 1.82) is 0 Å². The third-order valence-corrected chi connectivity index (χ3v) is 5.35. The fraction of sp³-hybridized carbons (Fsp3) is 0.875. The molecular weight excluding hydrogens is 252 g/mol. The second-order valence-corrected chi connectivity index (χ2v) is 6.82. The molecule has 0 radical (unpaired) electrons. The molecule has 1 N–H and O–H groups in total. The molecule has 1 saturated carbocycles. The Morgan fingerprint density at radius 3 is 2.40 bits per heavy atom. The molecule has 1 aliphatic carbocycles. The first-order valence-electron chi connectivity index (χ1n) is 8.01. The van der Waals surface area contributed by atoms with Crippen molar-refractivity contribution in [1.82, 2.24) is 10.2 Å². The number of rotatable bonds is 3. The van der Waals surface area contributed by atoms with Gasteiger partial charge in [0.15, 0.2) is 0 Å². The molecule has 2 fully saturated rings. The van der Waals surface area contributed by atoms with Crippen molar-refractivity contribution in [3.05, 3.63) is 0 Å². The number of carbonyl (C=O) groups is 2. The molecule has 0 aromatic heterocycles. The third-order valence-electron chi connectivity index (χ3n) is 5.35. The quantitative estimate of drug-likeness (QED) is 0.861. The van der Waals surface area contributed by atoms with E-state index >= 15 is 0 Å². The van der Waals surface area contributed by atoms with Crippen molar-refractivity contribution in [2.45, 2.75) is 72.0 Å². The van der Waals surface area contributed by atoms with Crippen LogP contribution >= 0.6 is 0 Å². The first-order valence-corrected chi connectivity index (χ1v) is 8.01. The molecule has 114 valence electrons. The van der Waals surface area contributed by atoms with Gasteiger partial charge in [0.1, 0.15) is 12.1 Å². The average molecular weight is 280 g/mol. The van der Waals surface area contributed by atoms with E-state index in [-0.39, 0.29) is 35.9 Å². The molecule has 5 unspecified atom stereocenters. The van der Waals surface area contributed by atoms with Crippen LogP contribution in [-0.4, -0.2) is 34.8 Å². The minimum absolute atomic E-state index is 0.00421. The lowest BCUT2D eigenvalue weighted by atomic mass is 9.90. The summed E-state index contributed by atoms with van der Waals surface area (Å²) in [6.45, 7) is 10.3. The molecule has 0 spiro atoms. The van der Waals surface area contributed by atoms with Crippen LogP contribution in [0.1, 0.15) is 53.9 Å². The average Bonchev–Trinajstić information content (AvgIpc) is 2.75. The Balaban J connectivity index is 2.23. The van der Waals surface area contributed by atoms with Crippen LogP contribution in [0.3, 0.4) is 0 Å². The largest absolute Gasteiger partial charge is 0.342 e. The highest BCUT2D eigenvalue weighted by Gasteiger charge is 2.46. The van der Waals surface area contributed by atoms with Crippen LogP contribution in [0.15, 0.2) is 0 Å². The standard InChI is InChI=1S/C16H28N2O2/c1-6-12-7-8-13(10(12)4)18-11(5)15(19)17-14(9(2)3)16(18)20/h9-14H,6-8H2,1-5H3,(H,17,19). The van der Waals surface area contributed by atoms with Gasteiger partial charge in [0.25, 0.3) is 0 Å². The van der Waals surface area contributed by atoms with Crippen LogP contribution in [0.2, 0.25) is 0 Å². The summed E-state index contributed by atoms with van der Waals surface area (Å²) in [6, 6.07) is -0.457. The van der Waals surface area contributed by atoms with Crippen LogP contribution < -0.4 is 5.32 Å². The maximum absolute atomic E-state index is 12.8. The van der Waals surface area contributed by atoms with Crippen molar-refractivity contribution in [3.63, 3.8) is 0 Å². The topological polar surface area (TPSA) is 49.4 Å². The van der Waals surface area contributed by atoms with E-state index < -0.39 is 0 Å². The third kappa shape index (κ3) is 2.45. The van der Waals surface area contributed by atoms with Gasteiger partial charge in [-0.15, -0.1) is 0 Å². The summed E-state index contributed by atoms with van der Waals surface area (Å²) in [5, 5.41) is 2.88. The van der Waals surface area contributed by atoms with E-state index in [1.54, 1.807) is 0 Å². The number of nitrogens with zero attached hydrogens (tertiary/aromatic N) is 1. The first kappa shape index (κ1) is 15.3. The number of nitrogens with one attached hydrogen (secondary N) is 1. The van der Waals surface area contributed by atoms with Crippen LogP contribution in [0, 0.1) is 17.8 Å². The van der Waals surface area contributed by atoms with E-state index in [4.69, 9.17) is 0 Å². The van der Waals surface area contributed by atoms with Gasteiger partial charge in [0.05, 0.1) is 0 Å². The number of piperazine rings is 1. The fourth-order valence-electron chi connectivity index (χ4n) is 3.91. The summed E-state index contributed by atoms with van der Waals surface area (Å²) in [5.41, 5.74) is 0. The summed E-state index contributed by atoms with van der Waals surface area (Å²) in [4.78, 5) is 26.8. The molecule has 20 heavy (non-hydrogen) atoms. The molecule has 4 heteroatoms. The summed E-state index contributed by atoms with van der Waals surface area (Å²) in [6.07, 6.45) is 3.37. The highest BCUT2D eigenvalue weighted by atomic mass is 16.2. The Labute approximate surface area is 122 Å². The minimum Gasteiger partial charge on any atom is -0.342 e. The molecule has 2 aliphatic rings.